The minimum atomic E-state index is -0.0767. The molecule has 3 amide bonds. The second-order valence-corrected chi connectivity index (χ2v) is 7.17. The summed E-state index contributed by atoms with van der Waals surface area (Å²) in [6.45, 7) is 4.77. The van der Waals surface area contributed by atoms with Gasteiger partial charge in [0.2, 0.25) is 5.91 Å². The SMILES string of the molecule is CC(=O)N[C@H]1CCN(C(=O)N[C@@H](C)C(c2ccccc2)c2ccccc2)C1. The van der Waals surface area contributed by atoms with Gasteiger partial charge in [0.1, 0.15) is 0 Å². The lowest BCUT2D eigenvalue weighted by molar-refractivity contribution is -0.119. The highest BCUT2D eigenvalue weighted by Gasteiger charge is 2.29. The topological polar surface area (TPSA) is 61.4 Å². The lowest BCUT2D eigenvalue weighted by atomic mass is 9.86. The fraction of sp³-hybridized carbons (Fsp3) is 0.364. The normalized spacial score (nSPS) is 17.6. The third-order valence-electron chi connectivity index (χ3n) is 5.05. The summed E-state index contributed by atoms with van der Waals surface area (Å²) in [7, 11) is 0. The highest BCUT2D eigenvalue weighted by molar-refractivity contribution is 5.76. The Morgan fingerprint density at radius 1 is 1.00 bits per heavy atom. The van der Waals surface area contributed by atoms with Crippen LogP contribution < -0.4 is 10.6 Å². The highest BCUT2D eigenvalue weighted by atomic mass is 16.2. The Morgan fingerprint density at radius 3 is 2.07 bits per heavy atom. The second-order valence-electron chi connectivity index (χ2n) is 7.17. The zero-order valence-electron chi connectivity index (χ0n) is 15.9. The van der Waals surface area contributed by atoms with Crippen molar-refractivity contribution < 1.29 is 9.59 Å². The van der Waals surface area contributed by atoms with Crippen LogP contribution in [0.3, 0.4) is 0 Å². The molecule has 0 unspecified atom stereocenters. The molecule has 1 heterocycles. The summed E-state index contributed by atoms with van der Waals surface area (Å²) in [5.41, 5.74) is 2.35. The Labute approximate surface area is 160 Å². The van der Waals surface area contributed by atoms with Crippen molar-refractivity contribution in [3.63, 3.8) is 0 Å². The van der Waals surface area contributed by atoms with Crippen molar-refractivity contribution in [2.24, 2.45) is 0 Å². The standard InChI is InChI=1S/C22H27N3O2/c1-16(23-22(27)25-14-13-20(15-25)24-17(2)26)21(18-9-5-3-6-10-18)19-11-7-4-8-12-19/h3-12,16,20-21H,13-15H2,1-2H3,(H,23,27)(H,24,26)/t16-,20-/m0/s1. The van der Waals surface area contributed by atoms with Crippen molar-refractivity contribution >= 4 is 11.9 Å². The zero-order chi connectivity index (χ0) is 19.2. The number of carbonyl (C=O) groups excluding carboxylic acids is 2. The summed E-state index contributed by atoms with van der Waals surface area (Å²) in [4.78, 5) is 25.8. The Balaban J connectivity index is 1.71. The molecule has 0 spiro atoms. The molecule has 5 heteroatoms. The van der Waals surface area contributed by atoms with Crippen LogP contribution in [-0.4, -0.2) is 42.0 Å². The van der Waals surface area contributed by atoms with Crippen molar-refractivity contribution in [2.45, 2.75) is 38.3 Å². The van der Waals surface area contributed by atoms with E-state index in [0.29, 0.717) is 13.1 Å². The van der Waals surface area contributed by atoms with Crippen LogP contribution in [0.2, 0.25) is 0 Å². The first-order chi connectivity index (χ1) is 13.0. The van der Waals surface area contributed by atoms with Crippen LogP contribution in [0, 0.1) is 0 Å². The van der Waals surface area contributed by atoms with Crippen molar-refractivity contribution in [2.75, 3.05) is 13.1 Å². The number of nitrogens with zero attached hydrogens (tertiary/aromatic N) is 1. The Hall–Kier alpha value is -2.82. The van der Waals surface area contributed by atoms with Crippen LogP contribution >= 0.6 is 0 Å². The molecule has 1 aliphatic heterocycles. The number of urea groups is 1. The molecular formula is C22H27N3O2. The van der Waals surface area contributed by atoms with Crippen molar-refractivity contribution in [1.82, 2.24) is 15.5 Å². The molecule has 2 atom stereocenters. The van der Waals surface area contributed by atoms with Crippen molar-refractivity contribution in [3.8, 4) is 0 Å². The van der Waals surface area contributed by atoms with Crippen molar-refractivity contribution in [3.05, 3.63) is 71.8 Å². The maximum atomic E-state index is 12.8. The molecule has 0 saturated carbocycles. The maximum absolute atomic E-state index is 12.8. The van der Waals surface area contributed by atoms with Crippen LogP contribution in [0.15, 0.2) is 60.7 Å². The van der Waals surface area contributed by atoms with Gasteiger partial charge in [-0.25, -0.2) is 4.79 Å². The van der Waals surface area contributed by atoms with Gasteiger partial charge in [0.05, 0.1) is 0 Å². The third-order valence-corrected chi connectivity index (χ3v) is 5.05. The van der Waals surface area contributed by atoms with Gasteiger partial charge in [-0.2, -0.15) is 0 Å². The predicted octanol–water partition coefficient (Wildman–Crippen LogP) is 3.13. The molecule has 142 valence electrons. The molecule has 0 radical (unpaired) electrons. The zero-order valence-corrected chi connectivity index (χ0v) is 15.9. The fourth-order valence-electron chi connectivity index (χ4n) is 3.81. The first-order valence-corrected chi connectivity index (χ1v) is 9.47. The summed E-state index contributed by atoms with van der Waals surface area (Å²) < 4.78 is 0. The number of hydrogen-bond donors (Lipinski definition) is 2. The van der Waals surface area contributed by atoms with Gasteiger partial charge in [0, 0.05) is 38.0 Å². The summed E-state index contributed by atoms with van der Waals surface area (Å²) in [6, 6.07) is 20.4. The van der Waals surface area contributed by atoms with Crippen LogP contribution in [0.5, 0.6) is 0 Å². The smallest absolute Gasteiger partial charge is 0.317 e. The number of benzene rings is 2. The van der Waals surface area contributed by atoms with Gasteiger partial charge < -0.3 is 15.5 Å². The van der Waals surface area contributed by atoms with Crippen molar-refractivity contribution in [1.29, 1.82) is 0 Å². The molecular weight excluding hydrogens is 338 g/mol. The average Bonchev–Trinajstić information content (AvgIpc) is 3.11. The number of carbonyl (C=O) groups is 2. The molecule has 5 nitrogen and oxygen atoms in total. The van der Waals surface area contributed by atoms with Gasteiger partial charge in [-0.15, -0.1) is 0 Å². The van der Waals surface area contributed by atoms with E-state index in [2.05, 4.69) is 34.9 Å². The number of likely N-dealkylation sites (tertiary alicyclic amines) is 1. The summed E-state index contributed by atoms with van der Waals surface area (Å²) in [5.74, 6) is 0.0222. The third kappa shape index (κ3) is 4.88. The quantitative estimate of drug-likeness (QED) is 0.855. The minimum Gasteiger partial charge on any atom is -0.352 e. The second kappa shape index (κ2) is 8.71. The molecule has 3 rings (SSSR count). The summed E-state index contributed by atoms with van der Waals surface area (Å²) in [5, 5.41) is 6.06. The highest BCUT2D eigenvalue weighted by Crippen LogP contribution is 2.28. The lowest BCUT2D eigenvalue weighted by Gasteiger charge is -2.28. The Bertz CT molecular complexity index is 724. The molecule has 1 aliphatic rings. The molecule has 2 aromatic carbocycles. The van der Waals surface area contributed by atoms with E-state index in [4.69, 9.17) is 0 Å². The number of hydrogen-bond acceptors (Lipinski definition) is 2. The number of amides is 3. The van der Waals surface area contributed by atoms with Gasteiger partial charge in [-0.1, -0.05) is 60.7 Å². The van der Waals surface area contributed by atoms with Crippen LogP contribution in [0.1, 0.15) is 37.3 Å². The van der Waals surface area contributed by atoms with E-state index < -0.39 is 0 Å². The lowest BCUT2D eigenvalue weighted by Crippen LogP contribution is -2.46. The largest absolute Gasteiger partial charge is 0.352 e. The van der Waals surface area contributed by atoms with Gasteiger partial charge in [0.25, 0.3) is 0 Å². The van der Waals surface area contributed by atoms with E-state index in [1.807, 2.05) is 43.3 Å². The van der Waals surface area contributed by atoms with Gasteiger partial charge in [0.15, 0.2) is 0 Å². The average molecular weight is 365 g/mol. The maximum Gasteiger partial charge on any atom is 0.317 e. The molecule has 2 N–H and O–H groups in total. The Kier molecular flexibility index (Phi) is 6.12. The van der Waals surface area contributed by atoms with E-state index in [-0.39, 0.29) is 29.9 Å². The minimum absolute atomic E-state index is 0.0441. The summed E-state index contributed by atoms with van der Waals surface area (Å²) >= 11 is 0. The Morgan fingerprint density at radius 2 is 1.56 bits per heavy atom. The predicted molar refractivity (Wildman–Crippen MR) is 107 cm³/mol. The monoisotopic (exact) mass is 365 g/mol. The summed E-state index contributed by atoms with van der Waals surface area (Å²) in [6.07, 6.45) is 0.794. The fourth-order valence-corrected chi connectivity index (χ4v) is 3.81. The first-order valence-electron chi connectivity index (χ1n) is 9.47. The molecule has 0 bridgehead atoms. The van der Waals surface area contributed by atoms with Crippen LogP contribution in [0.25, 0.3) is 0 Å². The van der Waals surface area contributed by atoms with E-state index >= 15 is 0 Å². The molecule has 2 aromatic rings. The van der Waals surface area contributed by atoms with Crippen LogP contribution in [-0.2, 0) is 4.79 Å². The van der Waals surface area contributed by atoms with Crippen LogP contribution in [0.4, 0.5) is 4.79 Å². The molecule has 1 fully saturated rings. The number of rotatable bonds is 5. The van der Waals surface area contributed by atoms with E-state index in [1.54, 1.807) is 4.90 Å². The molecule has 1 saturated heterocycles. The number of nitrogens with one attached hydrogen (secondary N) is 2. The molecule has 0 aliphatic carbocycles. The molecule has 0 aromatic heterocycles. The molecule has 27 heavy (non-hydrogen) atoms. The van der Waals surface area contributed by atoms with Gasteiger partial charge in [-0.05, 0) is 24.5 Å². The van der Waals surface area contributed by atoms with E-state index in [1.165, 1.54) is 18.1 Å². The van der Waals surface area contributed by atoms with Gasteiger partial charge in [-0.3, -0.25) is 4.79 Å². The van der Waals surface area contributed by atoms with E-state index in [9.17, 15) is 9.59 Å². The van der Waals surface area contributed by atoms with Gasteiger partial charge >= 0.3 is 6.03 Å². The van der Waals surface area contributed by atoms with E-state index in [0.717, 1.165) is 6.42 Å². The first kappa shape index (κ1) is 19.0.